The SMILES string of the molecule is CC[C@@H](C)[C@@H](NC(=O)C(C)(c1ccccc1)c1ccccc1)C(=O)O. The van der Waals surface area contributed by atoms with Crippen LogP contribution in [0.1, 0.15) is 38.3 Å². The van der Waals surface area contributed by atoms with Gasteiger partial charge in [0.25, 0.3) is 0 Å². The number of carboxylic acids is 1. The van der Waals surface area contributed by atoms with Crippen LogP contribution in [0.25, 0.3) is 0 Å². The fourth-order valence-electron chi connectivity index (χ4n) is 2.94. The summed E-state index contributed by atoms with van der Waals surface area (Å²) in [5.74, 6) is -1.47. The van der Waals surface area contributed by atoms with Crippen molar-refractivity contribution in [1.82, 2.24) is 5.32 Å². The van der Waals surface area contributed by atoms with Crippen LogP contribution in [0.4, 0.5) is 0 Å². The predicted octanol–water partition coefficient (Wildman–Crippen LogP) is 3.61. The zero-order chi connectivity index (χ0) is 18.4. The molecule has 132 valence electrons. The van der Waals surface area contributed by atoms with Gasteiger partial charge in [-0.05, 0) is 24.0 Å². The lowest BCUT2D eigenvalue weighted by Crippen LogP contribution is -2.52. The molecule has 2 aromatic rings. The molecule has 0 saturated carbocycles. The first-order valence-corrected chi connectivity index (χ1v) is 8.56. The van der Waals surface area contributed by atoms with E-state index in [2.05, 4.69) is 5.32 Å². The average Bonchev–Trinajstić information content (AvgIpc) is 2.65. The van der Waals surface area contributed by atoms with Crippen LogP contribution in [0.15, 0.2) is 60.7 Å². The van der Waals surface area contributed by atoms with Crippen molar-refractivity contribution in [2.75, 3.05) is 0 Å². The molecule has 0 radical (unpaired) electrons. The first-order valence-electron chi connectivity index (χ1n) is 8.56. The van der Waals surface area contributed by atoms with Crippen LogP contribution in [0.3, 0.4) is 0 Å². The fraction of sp³-hybridized carbons (Fsp3) is 0.333. The molecule has 0 heterocycles. The van der Waals surface area contributed by atoms with E-state index in [0.717, 1.165) is 11.1 Å². The molecule has 25 heavy (non-hydrogen) atoms. The maximum atomic E-state index is 13.2. The number of carboxylic acid groups (broad SMARTS) is 1. The van der Waals surface area contributed by atoms with Crippen molar-refractivity contribution in [2.24, 2.45) is 5.92 Å². The van der Waals surface area contributed by atoms with Crippen LogP contribution in [0, 0.1) is 5.92 Å². The Morgan fingerprint density at radius 1 is 1.00 bits per heavy atom. The van der Waals surface area contributed by atoms with E-state index in [-0.39, 0.29) is 11.8 Å². The third kappa shape index (κ3) is 3.90. The summed E-state index contributed by atoms with van der Waals surface area (Å²) in [5.41, 5.74) is 0.683. The molecule has 4 heteroatoms. The lowest BCUT2D eigenvalue weighted by molar-refractivity contribution is -0.144. The number of hydrogen-bond donors (Lipinski definition) is 2. The molecule has 2 aromatic carbocycles. The minimum atomic E-state index is -1.01. The maximum Gasteiger partial charge on any atom is 0.326 e. The second-order valence-corrected chi connectivity index (χ2v) is 6.53. The van der Waals surface area contributed by atoms with Crippen molar-refractivity contribution < 1.29 is 14.7 Å². The zero-order valence-electron chi connectivity index (χ0n) is 14.9. The van der Waals surface area contributed by atoms with Crippen LogP contribution >= 0.6 is 0 Å². The van der Waals surface area contributed by atoms with Gasteiger partial charge in [0.15, 0.2) is 0 Å². The number of rotatable bonds is 7. The van der Waals surface area contributed by atoms with Crippen LogP contribution in [-0.2, 0) is 15.0 Å². The molecule has 0 aromatic heterocycles. The second-order valence-electron chi connectivity index (χ2n) is 6.53. The van der Waals surface area contributed by atoms with E-state index in [4.69, 9.17) is 0 Å². The summed E-state index contributed by atoms with van der Waals surface area (Å²) < 4.78 is 0. The van der Waals surface area contributed by atoms with E-state index in [1.165, 1.54) is 0 Å². The van der Waals surface area contributed by atoms with Gasteiger partial charge in [0, 0.05) is 0 Å². The van der Waals surface area contributed by atoms with Crippen molar-refractivity contribution in [1.29, 1.82) is 0 Å². The minimum Gasteiger partial charge on any atom is -0.480 e. The molecule has 2 N–H and O–H groups in total. The molecule has 0 aliphatic heterocycles. The molecule has 2 rings (SSSR count). The largest absolute Gasteiger partial charge is 0.480 e. The number of benzene rings is 2. The third-order valence-corrected chi connectivity index (χ3v) is 4.92. The Kier molecular flexibility index (Phi) is 5.97. The molecule has 0 aliphatic rings. The molecule has 4 nitrogen and oxygen atoms in total. The summed E-state index contributed by atoms with van der Waals surface area (Å²) in [6, 6.07) is 18.0. The highest BCUT2D eigenvalue weighted by Gasteiger charge is 2.39. The molecule has 2 atom stereocenters. The highest BCUT2D eigenvalue weighted by molar-refractivity contribution is 5.94. The summed E-state index contributed by atoms with van der Waals surface area (Å²) in [6.45, 7) is 5.59. The van der Waals surface area contributed by atoms with Crippen molar-refractivity contribution in [2.45, 2.75) is 38.6 Å². The van der Waals surface area contributed by atoms with Gasteiger partial charge in [-0.25, -0.2) is 4.79 Å². The second kappa shape index (κ2) is 7.97. The van der Waals surface area contributed by atoms with E-state index in [0.29, 0.717) is 6.42 Å². The number of carbonyl (C=O) groups is 2. The molecule has 0 fully saturated rings. The summed E-state index contributed by atoms with van der Waals surface area (Å²) in [5, 5.41) is 12.3. The minimum absolute atomic E-state index is 0.155. The number of amides is 1. The number of aliphatic carboxylic acids is 1. The summed E-state index contributed by atoms with van der Waals surface area (Å²) in [6.07, 6.45) is 0.671. The normalized spacial score (nSPS) is 13.7. The molecular weight excluding hydrogens is 314 g/mol. The van der Waals surface area contributed by atoms with Crippen LogP contribution in [0.2, 0.25) is 0 Å². The fourth-order valence-corrected chi connectivity index (χ4v) is 2.94. The number of hydrogen-bond acceptors (Lipinski definition) is 2. The Morgan fingerprint density at radius 3 is 1.80 bits per heavy atom. The van der Waals surface area contributed by atoms with Crippen molar-refractivity contribution >= 4 is 11.9 Å². The van der Waals surface area contributed by atoms with E-state index in [1.807, 2.05) is 81.4 Å². The molecule has 0 aliphatic carbocycles. The molecule has 0 spiro atoms. The van der Waals surface area contributed by atoms with Crippen LogP contribution in [-0.4, -0.2) is 23.0 Å². The standard InChI is InChI=1S/C21H25NO3/c1-4-15(2)18(19(23)24)22-20(25)21(3,16-11-7-5-8-12-16)17-13-9-6-10-14-17/h5-15,18H,4H2,1-3H3,(H,22,25)(H,23,24)/t15-,18-/m1/s1. The lowest BCUT2D eigenvalue weighted by Gasteiger charge is -2.32. The van der Waals surface area contributed by atoms with Gasteiger partial charge in [0.2, 0.25) is 5.91 Å². The van der Waals surface area contributed by atoms with E-state index in [9.17, 15) is 14.7 Å². The van der Waals surface area contributed by atoms with E-state index >= 15 is 0 Å². The number of carbonyl (C=O) groups excluding carboxylic acids is 1. The van der Waals surface area contributed by atoms with Gasteiger partial charge in [-0.15, -0.1) is 0 Å². The highest BCUT2D eigenvalue weighted by Crippen LogP contribution is 2.32. The van der Waals surface area contributed by atoms with Gasteiger partial charge in [-0.1, -0.05) is 80.9 Å². The van der Waals surface area contributed by atoms with E-state index < -0.39 is 17.4 Å². The Hall–Kier alpha value is -2.62. The van der Waals surface area contributed by atoms with Gasteiger partial charge < -0.3 is 10.4 Å². The maximum absolute atomic E-state index is 13.2. The molecular formula is C21H25NO3. The lowest BCUT2D eigenvalue weighted by atomic mass is 9.75. The van der Waals surface area contributed by atoms with Crippen molar-refractivity contribution in [3.63, 3.8) is 0 Å². The molecule has 0 saturated heterocycles. The molecule has 0 unspecified atom stereocenters. The summed E-state index contributed by atoms with van der Waals surface area (Å²) in [4.78, 5) is 24.8. The summed E-state index contributed by atoms with van der Waals surface area (Å²) in [7, 11) is 0. The van der Waals surface area contributed by atoms with E-state index in [1.54, 1.807) is 0 Å². The molecule has 1 amide bonds. The molecule has 0 bridgehead atoms. The van der Waals surface area contributed by atoms with Crippen LogP contribution in [0.5, 0.6) is 0 Å². The Labute approximate surface area is 148 Å². The first-order chi connectivity index (χ1) is 11.9. The van der Waals surface area contributed by atoms with Gasteiger partial charge in [-0.2, -0.15) is 0 Å². The first kappa shape index (κ1) is 18.7. The Bertz CT molecular complexity index is 673. The third-order valence-electron chi connectivity index (χ3n) is 4.92. The quantitative estimate of drug-likeness (QED) is 0.810. The topological polar surface area (TPSA) is 66.4 Å². The van der Waals surface area contributed by atoms with Gasteiger partial charge >= 0.3 is 5.97 Å². The van der Waals surface area contributed by atoms with Gasteiger partial charge in [0.05, 0.1) is 5.41 Å². The predicted molar refractivity (Wildman–Crippen MR) is 98.4 cm³/mol. The van der Waals surface area contributed by atoms with Crippen LogP contribution < -0.4 is 5.32 Å². The van der Waals surface area contributed by atoms with Gasteiger partial charge in [0.1, 0.15) is 6.04 Å². The zero-order valence-corrected chi connectivity index (χ0v) is 14.9. The Balaban J connectivity index is 2.46. The monoisotopic (exact) mass is 339 g/mol. The summed E-state index contributed by atoms with van der Waals surface area (Å²) >= 11 is 0. The van der Waals surface area contributed by atoms with Gasteiger partial charge in [-0.3, -0.25) is 4.79 Å². The van der Waals surface area contributed by atoms with Crippen molar-refractivity contribution in [3.8, 4) is 0 Å². The smallest absolute Gasteiger partial charge is 0.326 e. The Morgan fingerprint density at radius 2 is 1.44 bits per heavy atom. The average molecular weight is 339 g/mol. The highest BCUT2D eigenvalue weighted by atomic mass is 16.4. The van der Waals surface area contributed by atoms with Crippen molar-refractivity contribution in [3.05, 3.63) is 71.8 Å². The number of nitrogens with one attached hydrogen (secondary N) is 1.